The first-order chi connectivity index (χ1) is 13.2. The van der Waals surface area contributed by atoms with Crippen molar-refractivity contribution in [1.29, 1.82) is 0 Å². The molecule has 1 atom stereocenters. The van der Waals surface area contributed by atoms with E-state index in [9.17, 15) is 4.79 Å². The molecule has 0 saturated heterocycles. The van der Waals surface area contributed by atoms with Crippen molar-refractivity contribution in [3.8, 4) is 0 Å². The highest BCUT2D eigenvalue weighted by molar-refractivity contribution is 5.75. The molecule has 3 heteroatoms. The third-order valence-corrected chi connectivity index (χ3v) is 5.30. The number of allylic oxidation sites excluding steroid dienone is 2. The van der Waals surface area contributed by atoms with Crippen molar-refractivity contribution in [1.82, 2.24) is 4.90 Å². The summed E-state index contributed by atoms with van der Waals surface area (Å²) in [5.74, 6) is -0.0428. The van der Waals surface area contributed by atoms with Crippen LogP contribution in [0.2, 0.25) is 0 Å². The average molecular weight is 382 g/mol. The number of hydrogen-bond acceptors (Lipinski definition) is 3. The Morgan fingerprint density at radius 1 is 0.778 bits per heavy atom. The molecule has 0 aromatic heterocycles. The first-order valence-corrected chi connectivity index (χ1v) is 11.8. The fourth-order valence-corrected chi connectivity index (χ4v) is 3.58. The van der Waals surface area contributed by atoms with Crippen LogP contribution in [0.25, 0.3) is 0 Å². The Morgan fingerprint density at radius 2 is 1.30 bits per heavy atom. The van der Waals surface area contributed by atoms with Gasteiger partial charge in [0, 0.05) is 0 Å². The molecule has 0 aliphatic heterocycles. The van der Waals surface area contributed by atoms with E-state index in [0.29, 0.717) is 6.61 Å². The molecule has 0 aliphatic carbocycles. The largest absolute Gasteiger partial charge is 0.465 e. The standard InChI is InChI=1S/C24H47NO2/c1-5-9-10-11-12-13-14-15-16-17-18-19-20-21-22-23(24(26)27-8-4)25(6-2)7-3/h15-16,23H,5-14,17-22H2,1-4H3/b16-15-. The zero-order chi connectivity index (χ0) is 20.2. The van der Waals surface area contributed by atoms with E-state index in [2.05, 4.69) is 37.8 Å². The number of carbonyl (C=O) groups is 1. The van der Waals surface area contributed by atoms with Crippen LogP contribution in [-0.2, 0) is 9.53 Å². The zero-order valence-electron chi connectivity index (χ0n) is 18.8. The lowest BCUT2D eigenvalue weighted by molar-refractivity contribution is -0.149. The molecule has 0 rings (SSSR count). The maximum atomic E-state index is 12.2. The van der Waals surface area contributed by atoms with E-state index in [4.69, 9.17) is 4.74 Å². The van der Waals surface area contributed by atoms with Crippen molar-refractivity contribution in [3.63, 3.8) is 0 Å². The molecule has 0 bridgehead atoms. The lowest BCUT2D eigenvalue weighted by Crippen LogP contribution is -2.42. The minimum Gasteiger partial charge on any atom is -0.465 e. The first-order valence-electron chi connectivity index (χ1n) is 11.8. The van der Waals surface area contributed by atoms with Crippen molar-refractivity contribution in [2.24, 2.45) is 0 Å². The number of hydrogen-bond donors (Lipinski definition) is 0. The summed E-state index contributed by atoms with van der Waals surface area (Å²) in [6.45, 7) is 10.7. The van der Waals surface area contributed by atoms with Crippen molar-refractivity contribution >= 4 is 5.97 Å². The highest BCUT2D eigenvalue weighted by atomic mass is 16.5. The average Bonchev–Trinajstić information content (AvgIpc) is 2.67. The van der Waals surface area contributed by atoms with Crippen LogP contribution in [-0.4, -0.2) is 36.6 Å². The molecule has 0 spiro atoms. The van der Waals surface area contributed by atoms with E-state index in [1.165, 1.54) is 70.6 Å². The number of esters is 1. The van der Waals surface area contributed by atoms with E-state index in [1.807, 2.05) is 6.92 Å². The van der Waals surface area contributed by atoms with Gasteiger partial charge in [0.05, 0.1) is 6.61 Å². The van der Waals surface area contributed by atoms with E-state index in [0.717, 1.165) is 25.9 Å². The van der Waals surface area contributed by atoms with Gasteiger partial charge in [-0.2, -0.15) is 0 Å². The Hall–Kier alpha value is -0.830. The molecule has 160 valence electrons. The van der Waals surface area contributed by atoms with Crippen molar-refractivity contribution in [2.75, 3.05) is 19.7 Å². The lowest BCUT2D eigenvalue weighted by atomic mass is 10.0. The molecule has 0 aromatic carbocycles. The van der Waals surface area contributed by atoms with Gasteiger partial charge >= 0.3 is 5.97 Å². The van der Waals surface area contributed by atoms with Crippen LogP contribution in [0.15, 0.2) is 12.2 Å². The molecule has 27 heavy (non-hydrogen) atoms. The Bertz CT molecular complexity index is 350. The predicted octanol–water partition coefficient (Wildman–Crippen LogP) is 6.91. The van der Waals surface area contributed by atoms with E-state index in [1.54, 1.807) is 0 Å². The fourth-order valence-electron chi connectivity index (χ4n) is 3.58. The second-order valence-corrected chi connectivity index (χ2v) is 7.51. The number of ether oxygens (including phenoxy) is 1. The molecule has 0 radical (unpaired) electrons. The monoisotopic (exact) mass is 381 g/mol. The second kappa shape index (κ2) is 19.9. The van der Waals surface area contributed by atoms with Crippen LogP contribution in [0.5, 0.6) is 0 Å². The normalized spacial score (nSPS) is 12.8. The summed E-state index contributed by atoms with van der Waals surface area (Å²) < 4.78 is 5.27. The van der Waals surface area contributed by atoms with Gasteiger partial charge in [0.2, 0.25) is 0 Å². The van der Waals surface area contributed by atoms with Gasteiger partial charge < -0.3 is 4.74 Å². The van der Waals surface area contributed by atoms with E-state index >= 15 is 0 Å². The molecular formula is C24H47NO2. The molecule has 3 nitrogen and oxygen atoms in total. The molecule has 0 N–H and O–H groups in total. The number of unbranched alkanes of at least 4 members (excludes halogenated alkanes) is 10. The quantitative estimate of drug-likeness (QED) is 0.138. The topological polar surface area (TPSA) is 29.5 Å². The Morgan fingerprint density at radius 3 is 1.81 bits per heavy atom. The van der Waals surface area contributed by atoms with Gasteiger partial charge in [-0.25, -0.2) is 0 Å². The highest BCUT2D eigenvalue weighted by Crippen LogP contribution is 2.14. The number of likely N-dealkylation sites (N-methyl/N-ethyl adjacent to an activating group) is 1. The van der Waals surface area contributed by atoms with Crippen LogP contribution in [0, 0.1) is 0 Å². The van der Waals surface area contributed by atoms with Crippen LogP contribution in [0.3, 0.4) is 0 Å². The Kier molecular flexibility index (Phi) is 19.3. The van der Waals surface area contributed by atoms with Gasteiger partial charge in [-0.3, -0.25) is 9.69 Å². The highest BCUT2D eigenvalue weighted by Gasteiger charge is 2.24. The third-order valence-electron chi connectivity index (χ3n) is 5.30. The zero-order valence-corrected chi connectivity index (χ0v) is 18.8. The van der Waals surface area contributed by atoms with E-state index < -0.39 is 0 Å². The van der Waals surface area contributed by atoms with Gasteiger partial charge in [-0.05, 0) is 52.1 Å². The smallest absolute Gasteiger partial charge is 0.323 e. The van der Waals surface area contributed by atoms with E-state index in [-0.39, 0.29) is 12.0 Å². The maximum absolute atomic E-state index is 12.2. The minimum absolute atomic E-state index is 0.0428. The van der Waals surface area contributed by atoms with Crippen molar-refractivity contribution in [2.45, 2.75) is 117 Å². The van der Waals surface area contributed by atoms with Crippen LogP contribution in [0.1, 0.15) is 111 Å². The molecule has 0 heterocycles. The van der Waals surface area contributed by atoms with Gasteiger partial charge in [0.15, 0.2) is 0 Å². The maximum Gasteiger partial charge on any atom is 0.323 e. The Labute approximate surface area is 169 Å². The molecule has 0 saturated carbocycles. The van der Waals surface area contributed by atoms with Crippen molar-refractivity contribution in [3.05, 3.63) is 12.2 Å². The Balaban J connectivity index is 3.72. The first kappa shape index (κ1) is 26.2. The van der Waals surface area contributed by atoms with Crippen LogP contribution >= 0.6 is 0 Å². The molecule has 0 aromatic rings. The molecule has 1 unspecified atom stereocenters. The van der Waals surface area contributed by atoms with Crippen LogP contribution in [0.4, 0.5) is 0 Å². The summed E-state index contributed by atoms with van der Waals surface area (Å²) in [6.07, 6.45) is 21.2. The van der Waals surface area contributed by atoms with Crippen molar-refractivity contribution < 1.29 is 9.53 Å². The summed E-state index contributed by atoms with van der Waals surface area (Å²) in [4.78, 5) is 14.4. The molecule has 0 amide bonds. The summed E-state index contributed by atoms with van der Waals surface area (Å²) in [5, 5.41) is 0. The number of carbonyl (C=O) groups excluding carboxylic acids is 1. The predicted molar refractivity (Wildman–Crippen MR) is 118 cm³/mol. The van der Waals surface area contributed by atoms with Gasteiger partial charge in [-0.15, -0.1) is 0 Å². The summed E-state index contributed by atoms with van der Waals surface area (Å²) >= 11 is 0. The SMILES string of the molecule is CCCCCCCC/C=C\CCCCCCC(C(=O)OCC)N(CC)CC. The fraction of sp³-hybridized carbons (Fsp3) is 0.875. The molecular weight excluding hydrogens is 334 g/mol. The number of nitrogens with zero attached hydrogens (tertiary/aromatic N) is 1. The number of rotatable bonds is 19. The van der Waals surface area contributed by atoms with Gasteiger partial charge in [0.1, 0.15) is 6.04 Å². The van der Waals surface area contributed by atoms with Gasteiger partial charge in [0.25, 0.3) is 0 Å². The summed E-state index contributed by atoms with van der Waals surface area (Å²) in [7, 11) is 0. The van der Waals surface area contributed by atoms with Crippen LogP contribution < -0.4 is 0 Å². The summed E-state index contributed by atoms with van der Waals surface area (Å²) in [5.41, 5.74) is 0. The second-order valence-electron chi connectivity index (χ2n) is 7.51. The van der Waals surface area contributed by atoms with Gasteiger partial charge in [-0.1, -0.05) is 84.3 Å². The minimum atomic E-state index is -0.0582. The third kappa shape index (κ3) is 14.8. The summed E-state index contributed by atoms with van der Waals surface area (Å²) in [6, 6.07) is -0.0582. The molecule has 0 fully saturated rings. The molecule has 0 aliphatic rings. The lowest BCUT2D eigenvalue weighted by Gasteiger charge is -2.27.